The maximum atomic E-state index is 12.2. The largest absolute Gasteiger partial charge is 0.354 e. The zero-order chi connectivity index (χ0) is 16.7. The molecule has 0 spiro atoms. The van der Waals surface area contributed by atoms with Gasteiger partial charge in [-0.05, 0) is 44.3 Å². The highest BCUT2D eigenvalue weighted by Gasteiger charge is 2.40. The molecule has 2 fully saturated rings. The molecule has 0 bridgehead atoms. The van der Waals surface area contributed by atoms with Gasteiger partial charge in [0.15, 0.2) is 0 Å². The van der Waals surface area contributed by atoms with Crippen LogP contribution in [0.15, 0.2) is 30.3 Å². The number of benzene rings is 1. The predicted octanol–water partition coefficient (Wildman–Crippen LogP) is 3.83. The molecule has 1 aromatic carbocycles. The van der Waals surface area contributed by atoms with Gasteiger partial charge < -0.3 is 5.32 Å². The summed E-state index contributed by atoms with van der Waals surface area (Å²) >= 11 is 1.85. The Bertz CT molecular complexity index is 508. The first-order valence-corrected chi connectivity index (χ1v) is 10.6. The van der Waals surface area contributed by atoms with Gasteiger partial charge in [0.25, 0.3) is 0 Å². The Hall–Kier alpha value is -1.00. The molecular formula is C20H30N2OS. The Morgan fingerprint density at radius 1 is 1.08 bits per heavy atom. The Kier molecular flexibility index (Phi) is 6.61. The number of carbonyl (C=O) groups excluding carboxylic acids is 1. The molecule has 0 atom stereocenters. The van der Waals surface area contributed by atoms with Gasteiger partial charge in [-0.3, -0.25) is 9.69 Å². The zero-order valence-corrected chi connectivity index (χ0v) is 15.5. The lowest BCUT2D eigenvalue weighted by Crippen LogP contribution is -2.53. The summed E-state index contributed by atoms with van der Waals surface area (Å²) in [5, 5.41) is 3.25. The summed E-state index contributed by atoms with van der Waals surface area (Å²) in [7, 11) is 0. The minimum atomic E-state index is 0.223. The molecule has 0 unspecified atom stereocenters. The van der Waals surface area contributed by atoms with Gasteiger partial charge in [0, 0.05) is 30.0 Å². The van der Waals surface area contributed by atoms with Crippen LogP contribution in [0.5, 0.6) is 0 Å². The minimum absolute atomic E-state index is 0.223. The van der Waals surface area contributed by atoms with Crippen LogP contribution in [0.25, 0.3) is 0 Å². The summed E-state index contributed by atoms with van der Waals surface area (Å²) in [6, 6.07) is 10.5. The molecule has 1 saturated carbocycles. The molecule has 1 aliphatic carbocycles. The molecule has 1 amide bonds. The predicted molar refractivity (Wildman–Crippen MR) is 102 cm³/mol. The van der Waals surface area contributed by atoms with Crippen molar-refractivity contribution < 1.29 is 4.79 Å². The van der Waals surface area contributed by atoms with Crippen molar-refractivity contribution in [3.63, 3.8) is 0 Å². The first-order valence-electron chi connectivity index (χ1n) is 9.42. The second-order valence-electron chi connectivity index (χ2n) is 7.19. The topological polar surface area (TPSA) is 32.3 Å². The number of likely N-dealkylation sites (tertiary alicyclic amines) is 1. The summed E-state index contributed by atoms with van der Waals surface area (Å²) in [6.45, 7) is 3.31. The highest BCUT2D eigenvalue weighted by atomic mass is 32.2. The smallest absolute Gasteiger partial charge is 0.220 e. The van der Waals surface area contributed by atoms with Gasteiger partial charge in [0.05, 0.1) is 0 Å². The summed E-state index contributed by atoms with van der Waals surface area (Å²) in [6.07, 6.45) is 8.44. The van der Waals surface area contributed by atoms with Gasteiger partial charge in [-0.25, -0.2) is 0 Å². The van der Waals surface area contributed by atoms with Crippen molar-refractivity contribution in [2.24, 2.45) is 0 Å². The van der Waals surface area contributed by atoms with E-state index in [-0.39, 0.29) is 11.4 Å². The quantitative estimate of drug-likeness (QED) is 0.726. The fourth-order valence-corrected chi connectivity index (χ4v) is 5.01. The van der Waals surface area contributed by atoms with E-state index in [9.17, 15) is 4.79 Å². The van der Waals surface area contributed by atoms with Gasteiger partial charge in [-0.15, -0.1) is 0 Å². The average molecular weight is 347 g/mol. The van der Waals surface area contributed by atoms with Crippen molar-refractivity contribution in [2.75, 3.05) is 25.4 Å². The van der Waals surface area contributed by atoms with Crippen molar-refractivity contribution in [3.05, 3.63) is 35.9 Å². The highest BCUT2D eigenvalue weighted by molar-refractivity contribution is 7.98. The van der Waals surface area contributed by atoms with Crippen LogP contribution < -0.4 is 5.32 Å². The van der Waals surface area contributed by atoms with E-state index in [4.69, 9.17) is 0 Å². The molecule has 1 saturated heterocycles. The number of thioether (sulfide) groups is 1. The number of amides is 1. The molecule has 3 rings (SSSR count). The van der Waals surface area contributed by atoms with Crippen molar-refractivity contribution in [1.29, 1.82) is 0 Å². The number of nitrogens with one attached hydrogen (secondary N) is 1. The Balaban J connectivity index is 1.37. The first-order chi connectivity index (χ1) is 11.8. The van der Waals surface area contributed by atoms with Crippen LogP contribution in [0.1, 0.15) is 50.5 Å². The molecule has 0 aromatic heterocycles. The van der Waals surface area contributed by atoms with Gasteiger partial charge in [-0.1, -0.05) is 43.2 Å². The molecule has 1 N–H and O–H groups in total. The zero-order valence-electron chi connectivity index (χ0n) is 14.6. The average Bonchev–Trinajstić information content (AvgIpc) is 3.30. The van der Waals surface area contributed by atoms with Crippen LogP contribution in [0.2, 0.25) is 0 Å². The van der Waals surface area contributed by atoms with E-state index in [1.807, 2.05) is 17.8 Å². The first kappa shape index (κ1) is 17.8. The van der Waals surface area contributed by atoms with E-state index in [1.165, 1.54) is 57.2 Å². The third-order valence-corrected chi connectivity index (χ3v) is 6.54. The second kappa shape index (κ2) is 8.91. The number of rotatable bonds is 8. The molecule has 132 valence electrons. The third-order valence-electron chi connectivity index (χ3n) is 5.51. The molecule has 24 heavy (non-hydrogen) atoms. The summed E-state index contributed by atoms with van der Waals surface area (Å²) in [4.78, 5) is 14.9. The molecular weight excluding hydrogens is 316 g/mol. The third kappa shape index (κ3) is 4.76. The van der Waals surface area contributed by atoms with E-state index >= 15 is 0 Å². The van der Waals surface area contributed by atoms with Crippen LogP contribution in [-0.2, 0) is 10.5 Å². The van der Waals surface area contributed by atoms with E-state index in [0.717, 1.165) is 18.1 Å². The van der Waals surface area contributed by atoms with Crippen LogP contribution in [0.3, 0.4) is 0 Å². The number of hydrogen-bond acceptors (Lipinski definition) is 3. The number of nitrogens with zero attached hydrogens (tertiary/aromatic N) is 1. The van der Waals surface area contributed by atoms with Crippen molar-refractivity contribution in [2.45, 2.75) is 56.2 Å². The van der Waals surface area contributed by atoms with Crippen molar-refractivity contribution in [1.82, 2.24) is 10.2 Å². The molecule has 3 nitrogen and oxygen atoms in total. The SMILES string of the molecule is O=C(CCSCc1ccccc1)NCC1(N2CCCC2)CCCC1. The van der Waals surface area contributed by atoms with Crippen LogP contribution in [-0.4, -0.2) is 41.7 Å². The molecule has 1 heterocycles. The van der Waals surface area contributed by atoms with E-state index in [0.29, 0.717) is 6.42 Å². The molecule has 2 aliphatic rings. The van der Waals surface area contributed by atoms with E-state index < -0.39 is 0 Å². The lowest BCUT2D eigenvalue weighted by Gasteiger charge is -2.39. The van der Waals surface area contributed by atoms with Crippen LogP contribution in [0, 0.1) is 0 Å². The van der Waals surface area contributed by atoms with Crippen LogP contribution >= 0.6 is 11.8 Å². The maximum absolute atomic E-state index is 12.2. The lowest BCUT2D eigenvalue weighted by atomic mass is 9.95. The molecule has 0 radical (unpaired) electrons. The Labute approximate surface area is 150 Å². The van der Waals surface area contributed by atoms with Crippen molar-refractivity contribution >= 4 is 17.7 Å². The summed E-state index contributed by atoms with van der Waals surface area (Å²) in [5.41, 5.74) is 1.60. The minimum Gasteiger partial charge on any atom is -0.354 e. The van der Waals surface area contributed by atoms with Crippen LogP contribution in [0.4, 0.5) is 0 Å². The van der Waals surface area contributed by atoms with E-state index in [2.05, 4.69) is 34.5 Å². The number of hydrogen-bond donors (Lipinski definition) is 1. The van der Waals surface area contributed by atoms with Gasteiger partial charge in [-0.2, -0.15) is 11.8 Å². The molecule has 4 heteroatoms. The van der Waals surface area contributed by atoms with E-state index in [1.54, 1.807) is 0 Å². The highest BCUT2D eigenvalue weighted by Crippen LogP contribution is 2.36. The summed E-state index contributed by atoms with van der Waals surface area (Å²) < 4.78 is 0. The second-order valence-corrected chi connectivity index (χ2v) is 8.30. The maximum Gasteiger partial charge on any atom is 0.220 e. The fraction of sp³-hybridized carbons (Fsp3) is 0.650. The number of carbonyl (C=O) groups is 1. The molecule has 1 aliphatic heterocycles. The monoisotopic (exact) mass is 346 g/mol. The van der Waals surface area contributed by atoms with Gasteiger partial charge >= 0.3 is 0 Å². The van der Waals surface area contributed by atoms with Crippen molar-refractivity contribution in [3.8, 4) is 0 Å². The normalized spacial score (nSPS) is 20.3. The standard InChI is InChI=1S/C20H30N2OS/c23-19(10-15-24-16-18-8-2-1-3-9-18)21-17-20(11-4-5-12-20)22-13-6-7-14-22/h1-3,8-9H,4-7,10-17H2,(H,21,23). The van der Waals surface area contributed by atoms with Gasteiger partial charge in [0.2, 0.25) is 5.91 Å². The Morgan fingerprint density at radius 3 is 2.50 bits per heavy atom. The van der Waals surface area contributed by atoms with Gasteiger partial charge in [0.1, 0.15) is 0 Å². The summed E-state index contributed by atoms with van der Waals surface area (Å²) in [5.74, 6) is 2.12. The Morgan fingerprint density at radius 2 is 1.79 bits per heavy atom. The molecule has 1 aromatic rings. The lowest BCUT2D eigenvalue weighted by molar-refractivity contribution is -0.121. The fourth-order valence-electron chi connectivity index (χ4n) is 4.11.